The zero-order valence-corrected chi connectivity index (χ0v) is 8.93. The summed E-state index contributed by atoms with van der Waals surface area (Å²) in [6.45, 7) is 2.08. The van der Waals surface area contributed by atoms with E-state index in [9.17, 15) is 9.59 Å². The van der Waals surface area contributed by atoms with Crippen molar-refractivity contribution in [2.24, 2.45) is 0 Å². The van der Waals surface area contributed by atoms with Crippen LogP contribution in [0.25, 0.3) is 0 Å². The smallest absolute Gasteiger partial charge is 0.434 e. The fourth-order valence-corrected chi connectivity index (χ4v) is 0.955. The van der Waals surface area contributed by atoms with Gasteiger partial charge in [-0.05, 0) is 18.6 Å². The van der Waals surface area contributed by atoms with E-state index >= 15 is 0 Å². The molecule has 0 unspecified atom stereocenters. The molecule has 0 saturated heterocycles. The van der Waals surface area contributed by atoms with Crippen LogP contribution in [0, 0.1) is 0 Å². The van der Waals surface area contributed by atoms with E-state index < -0.39 is 12.2 Å². The molecule has 5 heteroatoms. The molecule has 0 saturated carbocycles. The number of hydrogen-bond donors (Lipinski definition) is 1. The molecule has 0 radical (unpaired) electrons. The summed E-state index contributed by atoms with van der Waals surface area (Å²) in [7, 11) is 0. The van der Waals surface area contributed by atoms with Crippen molar-refractivity contribution >= 4 is 17.9 Å². The molecule has 0 fully saturated rings. The summed E-state index contributed by atoms with van der Waals surface area (Å²) in [5.41, 5.74) is 0.552. The van der Waals surface area contributed by atoms with E-state index in [-0.39, 0.29) is 6.61 Å². The highest BCUT2D eigenvalue weighted by Crippen LogP contribution is 2.05. The van der Waals surface area contributed by atoms with Crippen LogP contribution >= 0.6 is 0 Å². The summed E-state index contributed by atoms with van der Waals surface area (Å²) in [6.07, 6.45) is -1.17. The van der Waals surface area contributed by atoms with Crippen molar-refractivity contribution in [3.05, 3.63) is 30.3 Å². The Kier molecular flexibility index (Phi) is 4.85. The highest BCUT2D eigenvalue weighted by molar-refractivity contribution is 5.90. The molecule has 0 aromatic heterocycles. The maximum Gasteiger partial charge on any atom is 0.517 e. The Morgan fingerprint density at radius 3 is 2.56 bits per heavy atom. The second kappa shape index (κ2) is 6.44. The van der Waals surface area contributed by atoms with E-state index in [0.717, 1.165) is 0 Å². The molecule has 0 aliphatic heterocycles. The standard InChI is InChI=1S/C11H13NO4/c1-2-8-15-11(14)16-10(13)12-9-6-4-3-5-7-9/h3-7H,2,8H2,1H3,(H,12,13). The predicted octanol–water partition coefficient (Wildman–Crippen LogP) is 2.78. The Morgan fingerprint density at radius 1 is 1.25 bits per heavy atom. The first-order valence-corrected chi connectivity index (χ1v) is 4.93. The quantitative estimate of drug-likeness (QED) is 0.632. The van der Waals surface area contributed by atoms with Crippen LogP contribution < -0.4 is 5.32 Å². The number of benzene rings is 1. The lowest BCUT2D eigenvalue weighted by Crippen LogP contribution is -2.19. The molecule has 86 valence electrons. The summed E-state index contributed by atoms with van der Waals surface area (Å²) in [5.74, 6) is 0. The van der Waals surface area contributed by atoms with Crippen LogP contribution in [0.2, 0.25) is 0 Å². The summed E-state index contributed by atoms with van der Waals surface area (Å²) < 4.78 is 8.92. The van der Waals surface area contributed by atoms with E-state index in [2.05, 4.69) is 14.8 Å². The van der Waals surface area contributed by atoms with Crippen molar-refractivity contribution in [3.63, 3.8) is 0 Å². The van der Waals surface area contributed by atoms with Crippen molar-refractivity contribution in [1.82, 2.24) is 0 Å². The van der Waals surface area contributed by atoms with Gasteiger partial charge < -0.3 is 9.47 Å². The minimum atomic E-state index is -0.990. The van der Waals surface area contributed by atoms with Crippen molar-refractivity contribution in [2.45, 2.75) is 13.3 Å². The Balaban J connectivity index is 2.34. The number of amides is 1. The van der Waals surface area contributed by atoms with Crippen LogP contribution in [0.3, 0.4) is 0 Å². The van der Waals surface area contributed by atoms with Crippen LogP contribution in [-0.2, 0) is 9.47 Å². The minimum Gasteiger partial charge on any atom is -0.434 e. The molecule has 0 aliphatic carbocycles. The molecule has 1 aromatic carbocycles. The normalized spacial score (nSPS) is 9.31. The van der Waals surface area contributed by atoms with Gasteiger partial charge in [0.25, 0.3) is 0 Å². The summed E-state index contributed by atoms with van der Waals surface area (Å²) in [4.78, 5) is 22.0. The summed E-state index contributed by atoms with van der Waals surface area (Å²) in [5, 5.41) is 2.39. The Hall–Kier alpha value is -2.04. The number of carbonyl (C=O) groups excluding carboxylic acids is 2. The van der Waals surface area contributed by atoms with Gasteiger partial charge >= 0.3 is 12.2 Å². The van der Waals surface area contributed by atoms with E-state index in [0.29, 0.717) is 12.1 Å². The van der Waals surface area contributed by atoms with Gasteiger partial charge in [0.2, 0.25) is 0 Å². The number of ether oxygens (including phenoxy) is 2. The molecule has 5 nitrogen and oxygen atoms in total. The van der Waals surface area contributed by atoms with Gasteiger partial charge in [0.1, 0.15) is 0 Å². The Bertz CT molecular complexity index is 350. The van der Waals surface area contributed by atoms with Gasteiger partial charge in [0.15, 0.2) is 0 Å². The molecular weight excluding hydrogens is 210 g/mol. The highest BCUT2D eigenvalue weighted by atomic mass is 16.7. The van der Waals surface area contributed by atoms with Gasteiger partial charge in [0.05, 0.1) is 6.61 Å². The number of para-hydroxylation sites is 1. The van der Waals surface area contributed by atoms with Gasteiger partial charge in [-0.25, -0.2) is 9.59 Å². The van der Waals surface area contributed by atoms with Crippen LogP contribution in [0.1, 0.15) is 13.3 Å². The molecule has 1 amide bonds. The number of nitrogens with one attached hydrogen (secondary N) is 1. The summed E-state index contributed by atoms with van der Waals surface area (Å²) in [6, 6.07) is 8.68. The van der Waals surface area contributed by atoms with E-state index in [4.69, 9.17) is 0 Å². The minimum absolute atomic E-state index is 0.234. The van der Waals surface area contributed by atoms with Gasteiger partial charge in [-0.2, -0.15) is 0 Å². The SMILES string of the molecule is CCCOC(=O)OC(=O)Nc1ccccc1. The largest absolute Gasteiger partial charge is 0.517 e. The number of carbonyl (C=O) groups is 2. The molecule has 0 atom stereocenters. The molecular formula is C11H13NO4. The van der Waals surface area contributed by atoms with Crippen LogP contribution in [-0.4, -0.2) is 18.9 Å². The van der Waals surface area contributed by atoms with E-state index in [1.807, 2.05) is 13.0 Å². The lowest BCUT2D eigenvalue weighted by molar-refractivity contribution is 0.0797. The topological polar surface area (TPSA) is 64.6 Å². The van der Waals surface area contributed by atoms with Crippen LogP contribution in [0.15, 0.2) is 30.3 Å². The average Bonchev–Trinajstić information content (AvgIpc) is 2.27. The Morgan fingerprint density at radius 2 is 1.94 bits per heavy atom. The third-order valence-electron chi connectivity index (χ3n) is 1.62. The number of rotatable bonds is 3. The fraction of sp³-hybridized carbons (Fsp3) is 0.273. The third kappa shape index (κ3) is 4.45. The lowest BCUT2D eigenvalue weighted by atomic mass is 10.3. The Labute approximate surface area is 93.4 Å². The first-order chi connectivity index (χ1) is 7.72. The van der Waals surface area contributed by atoms with Crippen molar-refractivity contribution < 1.29 is 19.1 Å². The van der Waals surface area contributed by atoms with Crippen molar-refractivity contribution in [2.75, 3.05) is 11.9 Å². The van der Waals surface area contributed by atoms with Crippen LogP contribution in [0.5, 0.6) is 0 Å². The van der Waals surface area contributed by atoms with E-state index in [1.165, 1.54) is 0 Å². The number of anilines is 1. The van der Waals surface area contributed by atoms with Crippen molar-refractivity contribution in [1.29, 1.82) is 0 Å². The zero-order chi connectivity index (χ0) is 11.8. The van der Waals surface area contributed by atoms with Gasteiger partial charge in [0, 0.05) is 5.69 Å². The first-order valence-electron chi connectivity index (χ1n) is 4.93. The monoisotopic (exact) mass is 223 g/mol. The van der Waals surface area contributed by atoms with Gasteiger partial charge in [-0.3, -0.25) is 5.32 Å². The van der Waals surface area contributed by atoms with E-state index in [1.54, 1.807) is 24.3 Å². The molecule has 0 heterocycles. The predicted molar refractivity (Wildman–Crippen MR) is 58.2 cm³/mol. The second-order valence-corrected chi connectivity index (χ2v) is 2.98. The molecule has 1 N–H and O–H groups in total. The first kappa shape index (κ1) is 12.0. The lowest BCUT2D eigenvalue weighted by Gasteiger charge is -2.05. The summed E-state index contributed by atoms with van der Waals surface area (Å²) >= 11 is 0. The zero-order valence-electron chi connectivity index (χ0n) is 8.93. The second-order valence-electron chi connectivity index (χ2n) is 2.98. The fourth-order valence-electron chi connectivity index (χ4n) is 0.955. The molecule has 1 rings (SSSR count). The molecule has 0 aliphatic rings. The van der Waals surface area contributed by atoms with Crippen LogP contribution in [0.4, 0.5) is 15.3 Å². The number of hydrogen-bond acceptors (Lipinski definition) is 4. The molecule has 0 bridgehead atoms. The molecule has 16 heavy (non-hydrogen) atoms. The van der Waals surface area contributed by atoms with Gasteiger partial charge in [-0.15, -0.1) is 0 Å². The van der Waals surface area contributed by atoms with Gasteiger partial charge in [-0.1, -0.05) is 25.1 Å². The van der Waals surface area contributed by atoms with Crippen molar-refractivity contribution in [3.8, 4) is 0 Å². The highest BCUT2D eigenvalue weighted by Gasteiger charge is 2.10. The third-order valence-corrected chi connectivity index (χ3v) is 1.62. The maximum absolute atomic E-state index is 11.2. The maximum atomic E-state index is 11.2. The molecule has 0 spiro atoms. The average molecular weight is 223 g/mol. The molecule has 1 aromatic rings.